The lowest BCUT2D eigenvalue weighted by molar-refractivity contribution is 0.102. The van der Waals surface area contributed by atoms with Gasteiger partial charge in [0.1, 0.15) is 24.2 Å². The van der Waals surface area contributed by atoms with Crippen LogP contribution < -0.4 is 5.32 Å². The molecule has 0 aliphatic rings. The van der Waals surface area contributed by atoms with E-state index in [2.05, 4.69) is 20.5 Å². The molecule has 0 spiro atoms. The van der Waals surface area contributed by atoms with Gasteiger partial charge in [-0.05, 0) is 48.4 Å². The fraction of sp³-hybridized carbons (Fsp3) is 0.143. The fourth-order valence-corrected chi connectivity index (χ4v) is 3.18. The molecule has 2 aromatic carbocycles. The summed E-state index contributed by atoms with van der Waals surface area (Å²) in [6.45, 7) is 3.86. The lowest BCUT2D eigenvalue weighted by Gasteiger charge is -2.13. The van der Waals surface area contributed by atoms with Crippen LogP contribution in [0.4, 0.5) is 14.5 Å². The van der Waals surface area contributed by atoms with Crippen molar-refractivity contribution in [1.29, 1.82) is 0 Å². The Morgan fingerprint density at radius 1 is 1.07 bits per heavy atom. The van der Waals surface area contributed by atoms with Crippen LogP contribution in [0.25, 0.3) is 11.4 Å². The number of halogens is 2. The van der Waals surface area contributed by atoms with Crippen molar-refractivity contribution in [3.05, 3.63) is 84.2 Å². The number of benzene rings is 2. The van der Waals surface area contributed by atoms with Crippen molar-refractivity contribution in [3.63, 3.8) is 0 Å². The minimum absolute atomic E-state index is 0.0373. The van der Waals surface area contributed by atoms with Crippen molar-refractivity contribution in [2.24, 2.45) is 0 Å². The number of nitrogens with one attached hydrogen (secondary N) is 1. The molecule has 0 radical (unpaired) electrons. The highest BCUT2D eigenvalue weighted by Gasteiger charge is 2.21. The molecule has 0 bridgehead atoms. The molecule has 0 fully saturated rings. The lowest BCUT2D eigenvalue weighted by Crippen LogP contribution is -2.15. The van der Waals surface area contributed by atoms with E-state index >= 15 is 0 Å². The summed E-state index contributed by atoms with van der Waals surface area (Å²) < 4.78 is 30.6. The molecule has 2 aromatic heterocycles. The van der Waals surface area contributed by atoms with Crippen molar-refractivity contribution in [2.75, 3.05) is 5.32 Å². The third-order valence-electron chi connectivity index (χ3n) is 4.54. The fourth-order valence-electron chi connectivity index (χ4n) is 3.18. The zero-order valence-corrected chi connectivity index (χ0v) is 16.3. The minimum Gasteiger partial charge on any atom is -0.322 e. The number of anilines is 1. The van der Waals surface area contributed by atoms with Gasteiger partial charge in [0.15, 0.2) is 5.82 Å². The van der Waals surface area contributed by atoms with Gasteiger partial charge in [-0.15, -0.1) is 0 Å². The van der Waals surface area contributed by atoms with Gasteiger partial charge in [-0.2, -0.15) is 10.2 Å². The maximum Gasteiger partial charge on any atom is 0.259 e. The Morgan fingerprint density at radius 3 is 2.47 bits per heavy atom. The van der Waals surface area contributed by atoms with Crippen LogP contribution in [0.5, 0.6) is 0 Å². The van der Waals surface area contributed by atoms with Gasteiger partial charge >= 0.3 is 0 Å². The van der Waals surface area contributed by atoms with E-state index in [1.165, 1.54) is 47.8 Å². The third-order valence-corrected chi connectivity index (χ3v) is 4.54. The maximum absolute atomic E-state index is 14.4. The van der Waals surface area contributed by atoms with Crippen molar-refractivity contribution < 1.29 is 13.6 Å². The summed E-state index contributed by atoms with van der Waals surface area (Å²) in [5.41, 5.74) is 2.18. The summed E-state index contributed by atoms with van der Waals surface area (Å²) in [6.07, 6.45) is 4.14. The molecule has 4 rings (SSSR count). The highest BCUT2D eigenvalue weighted by molar-refractivity contribution is 6.05. The first-order valence-electron chi connectivity index (χ1n) is 9.24. The van der Waals surface area contributed by atoms with E-state index in [1.807, 2.05) is 13.8 Å². The second-order valence-corrected chi connectivity index (χ2v) is 6.95. The molecule has 0 unspecified atom stereocenters. The number of carbonyl (C=O) groups excluding carboxylic acids is 1. The zero-order chi connectivity index (χ0) is 21.3. The molecule has 30 heavy (non-hydrogen) atoms. The van der Waals surface area contributed by atoms with Gasteiger partial charge in [-0.1, -0.05) is 13.8 Å². The molecule has 0 aliphatic heterocycles. The Labute approximate surface area is 171 Å². The average molecular weight is 408 g/mol. The number of hydrogen-bond acceptors (Lipinski definition) is 4. The quantitative estimate of drug-likeness (QED) is 0.539. The first kappa shape index (κ1) is 19.4. The molecule has 152 valence electrons. The minimum atomic E-state index is -0.551. The second-order valence-electron chi connectivity index (χ2n) is 6.95. The van der Waals surface area contributed by atoms with Crippen LogP contribution in [0.1, 0.15) is 35.8 Å². The lowest BCUT2D eigenvalue weighted by atomic mass is 10.0. The average Bonchev–Trinajstić information content (AvgIpc) is 3.39. The van der Waals surface area contributed by atoms with E-state index in [9.17, 15) is 13.6 Å². The summed E-state index contributed by atoms with van der Waals surface area (Å²) >= 11 is 0. The Morgan fingerprint density at radius 2 is 1.83 bits per heavy atom. The Bertz CT molecular complexity index is 1180. The van der Waals surface area contributed by atoms with E-state index in [0.29, 0.717) is 22.6 Å². The van der Waals surface area contributed by atoms with Gasteiger partial charge in [-0.3, -0.25) is 4.79 Å². The first-order chi connectivity index (χ1) is 14.4. The summed E-state index contributed by atoms with van der Waals surface area (Å²) in [6, 6.07) is 10.2. The van der Waals surface area contributed by atoms with E-state index < -0.39 is 11.7 Å². The standard InChI is InChI=1S/C21H18F2N6O/c1-13(2)20-17(10-25-29(20)16-6-3-14(22)4-7-16)21(30)27-15-5-8-19(18(23)9-15)28-12-24-11-26-28/h3-13H,1-2H3,(H,27,30). The molecule has 0 atom stereocenters. The molecule has 0 saturated carbocycles. The van der Waals surface area contributed by atoms with Crippen molar-refractivity contribution in [1.82, 2.24) is 24.5 Å². The van der Waals surface area contributed by atoms with Crippen molar-refractivity contribution in [2.45, 2.75) is 19.8 Å². The molecular weight excluding hydrogens is 390 g/mol. The van der Waals surface area contributed by atoms with Gasteiger partial charge in [0.2, 0.25) is 0 Å². The molecule has 0 aliphatic carbocycles. The predicted octanol–water partition coefficient (Wildman–Crippen LogP) is 4.11. The molecule has 7 nitrogen and oxygen atoms in total. The second kappa shape index (κ2) is 7.86. The molecule has 1 amide bonds. The third kappa shape index (κ3) is 3.69. The number of amides is 1. The van der Waals surface area contributed by atoms with Crippen molar-refractivity contribution >= 4 is 11.6 Å². The van der Waals surface area contributed by atoms with Crippen LogP contribution in [0.2, 0.25) is 0 Å². The maximum atomic E-state index is 14.4. The van der Waals surface area contributed by atoms with Crippen LogP contribution in [-0.2, 0) is 0 Å². The Balaban J connectivity index is 1.62. The van der Waals surface area contributed by atoms with Gasteiger partial charge in [0.25, 0.3) is 5.91 Å². The molecular formula is C21H18F2N6O. The topological polar surface area (TPSA) is 77.6 Å². The van der Waals surface area contributed by atoms with E-state index in [1.54, 1.807) is 22.9 Å². The van der Waals surface area contributed by atoms with Gasteiger partial charge in [-0.25, -0.2) is 23.1 Å². The van der Waals surface area contributed by atoms with Crippen LogP contribution in [0.15, 0.2) is 61.3 Å². The molecule has 4 aromatic rings. The summed E-state index contributed by atoms with van der Waals surface area (Å²) in [7, 11) is 0. The van der Waals surface area contributed by atoms with Crippen LogP contribution in [0.3, 0.4) is 0 Å². The first-order valence-corrected chi connectivity index (χ1v) is 9.24. The molecule has 9 heteroatoms. The highest BCUT2D eigenvalue weighted by atomic mass is 19.1. The summed E-state index contributed by atoms with van der Waals surface area (Å²) in [4.78, 5) is 16.7. The highest BCUT2D eigenvalue weighted by Crippen LogP contribution is 2.25. The van der Waals surface area contributed by atoms with Crippen LogP contribution >= 0.6 is 0 Å². The van der Waals surface area contributed by atoms with Crippen molar-refractivity contribution in [3.8, 4) is 11.4 Å². The smallest absolute Gasteiger partial charge is 0.259 e. The van der Waals surface area contributed by atoms with Gasteiger partial charge < -0.3 is 5.32 Å². The van der Waals surface area contributed by atoms with E-state index in [-0.39, 0.29) is 17.4 Å². The SMILES string of the molecule is CC(C)c1c(C(=O)Nc2ccc(-n3cncn3)c(F)c2)cnn1-c1ccc(F)cc1. The zero-order valence-electron chi connectivity index (χ0n) is 16.3. The number of carbonyl (C=O) groups is 1. The molecule has 1 N–H and O–H groups in total. The normalized spacial score (nSPS) is 11.1. The summed E-state index contributed by atoms with van der Waals surface area (Å²) in [5.74, 6) is -1.36. The molecule has 2 heterocycles. The van der Waals surface area contributed by atoms with Crippen LogP contribution in [-0.4, -0.2) is 30.5 Å². The Hall–Kier alpha value is -3.88. The van der Waals surface area contributed by atoms with E-state index in [4.69, 9.17) is 0 Å². The largest absolute Gasteiger partial charge is 0.322 e. The van der Waals surface area contributed by atoms with Gasteiger partial charge in [0, 0.05) is 5.69 Å². The molecule has 0 saturated heterocycles. The van der Waals surface area contributed by atoms with Crippen LogP contribution in [0, 0.1) is 11.6 Å². The number of aromatic nitrogens is 5. The van der Waals surface area contributed by atoms with E-state index in [0.717, 1.165) is 0 Å². The Kier molecular flexibility index (Phi) is 5.09. The number of nitrogens with zero attached hydrogens (tertiary/aromatic N) is 5. The predicted molar refractivity (Wildman–Crippen MR) is 107 cm³/mol. The number of hydrogen-bond donors (Lipinski definition) is 1. The monoisotopic (exact) mass is 408 g/mol. The number of rotatable bonds is 5. The summed E-state index contributed by atoms with van der Waals surface area (Å²) in [5, 5.41) is 10.9. The van der Waals surface area contributed by atoms with Gasteiger partial charge in [0.05, 0.1) is 23.1 Å².